The summed E-state index contributed by atoms with van der Waals surface area (Å²) in [6, 6.07) is 9.86. The van der Waals surface area contributed by atoms with Gasteiger partial charge in [0.25, 0.3) is 0 Å². The molecule has 0 saturated carbocycles. The number of methoxy groups -OCH3 is 1. The smallest absolute Gasteiger partial charge is 0.244 e. The normalized spacial score (nSPS) is 12.3. The first kappa shape index (κ1) is 20.0. The van der Waals surface area contributed by atoms with Crippen molar-refractivity contribution in [2.45, 2.75) is 13.0 Å². The summed E-state index contributed by atoms with van der Waals surface area (Å²) in [5, 5.41) is 5.02. The first-order chi connectivity index (χ1) is 12.5. The van der Waals surface area contributed by atoms with Crippen molar-refractivity contribution in [3.05, 3.63) is 52.2 Å². The Morgan fingerprint density at radius 1 is 1.31 bits per heavy atom. The fourth-order valence-electron chi connectivity index (χ4n) is 2.51. The van der Waals surface area contributed by atoms with Crippen molar-refractivity contribution in [3.63, 3.8) is 0 Å². The SMILES string of the molecule is CCOc1cc(/C=C/C(=O)NCC(c2cccs2)N(C)C)ccc1OC. The maximum Gasteiger partial charge on any atom is 0.244 e. The number of amides is 1. The molecule has 1 heterocycles. The van der Waals surface area contributed by atoms with Crippen LogP contribution in [-0.4, -0.2) is 45.2 Å². The molecule has 0 aliphatic rings. The van der Waals surface area contributed by atoms with Crippen molar-refractivity contribution in [2.75, 3.05) is 34.4 Å². The van der Waals surface area contributed by atoms with Crippen LogP contribution in [0, 0.1) is 0 Å². The largest absolute Gasteiger partial charge is 0.493 e. The van der Waals surface area contributed by atoms with Gasteiger partial charge in [0, 0.05) is 17.5 Å². The molecule has 140 valence electrons. The average molecular weight is 375 g/mol. The number of benzene rings is 1. The van der Waals surface area contributed by atoms with Gasteiger partial charge in [0.15, 0.2) is 11.5 Å². The van der Waals surface area contributed by atoms with Crippen LogP contribution in [0.2, 0.25) is 0 Å². The van der Waals surface area contributed by atoms with Crippen LogP contribution in [0.15, 0.2) is 41.8 Å². The topological polar surface area (TPSA) is 50.8 Å². The second-order valence-corrected chi connectivity index (χ2v) is 6.90. The number of hydrogen-bond donors (Lipinski definition) is 1. The number of carbonyl (C=O) groups excluding carboxylic acids is 1. The van der Waals surface area contributed by atoms with Crippen LogP contribution < -0.4 is 14.8 Å². The van der Waals surface area contributed by atoms with Gasteiger partial charge in [-0.2, -0.15) is 0 Å². The van der Waals surface area contributed by atoms with Crippen LogP contribution in [0.25, 0.3) is 6.08 Å². The Morgan fingerprint density at radius 2 is 2.12 bits per heavy atom. The number of likely N-dealkylation sites (N-methyl/N-ethyl adjacent to an activating group) is 1. The lowest BCUT2D eigenvalue weighted by Crippen LogP contribution is -2.33. The Kier molecular flexibility index (Phi) is 7.69. The van der Waals surface area contributed by atoms with E-state index in [9.17, 15) is 4.79 Å². The minimum Gasteiger partial charge on any atom is -0.493 e. The van der Waals surface area contributed by atoms with E-state index in [4.69, 9.17) is 9.47 Å². The summed E-state index contributed by atoms with van der Waals surface area (Å²) in [6.07, 6.45) is 3.31. The molecule has 0 aliphatic heterocycles. The predicted molar refractivity (Wildman–Crippen MR) is 107 cm³/mol. The molecule has 0 fully saturated rings. The fourth-order valence-corrected chi connectivity index (χ4v) is 3.43. The Balaban J connectivity index is 1.97. The van der Waals surface area contributed by atoms with Gasteiger partial charge < -0.3 is 19.7 Å². The predicted octanol–water partition coefficient (Wildman–Crippen LogP) is 3.59. The summed E-state index contributed by atoms with van der Waals surface area (Å²) in [5.41, 5.74) is 0.881. The highest BCUT2D eigenvalue weighted by Crippen LogP contribution is 2.28. The van der Waals surface area contributed by atoms with Crippen LogP contribution in [-0.2, 0) is 4.79 Å². The Bertz CT molecular complexity index is 727. The highest BCUT2D eigenvalue weighted by atomic mass is 32.1. The molecule has 0 spiro atoms. The first-order valence-corrected chi connectivity index (χ1v) is 9.39. The molecular formula is C20H26N2O3S. The van der Waals surface area contributed by atoms with E-state index in [1.165, 1.54) is 4.88 Å². The minimum atomic E-state index is -0.123. The first-order valence-electron chi connectivity index (χ1n) is 8.51. The maximum absolute atomic E-state index is 12.2. The van der Waals surface area contributed by atoms with Crippen LogP contribution in [0.3, 0.4) is 0 Å². The van der Waals surface area contributed by atoms with Gasteiger partial charge in [-0.3, -0.25) is 4.79 Å². The zero-order valence-corrected chi connectivity index (χ0v) is 16.5. The molecular weight excluding hydrogens is 348 g/mol. The minimum absolute atomic E-state index is 0.123. The average Bonchev–Trinajstić information content (AvgIpc) is 3.14. The Morgan fingerprint density at radius 3 is 2.73 bits per heavy atom. The molecule has 1 atom stereocenters. The third-order valence-corrected chi connectivity index (χ3v) is 4.85. The van der Waals surface area contributed by atoms with Gasteiger partial charge in [-0.1, -0.05) is 12.1 Å². The van der Waals surface area contributed by atoms with Crippen LogP contribution >= 0.6 is 11.3 Å². The molecule has 1 N–H and O–H groups in total. The van der Waals surface area contributed by atoms with Crippen LogP contribution in [0.4, 0.5) is 0 Å². The number of thiophene rings is 1. The summed E-state index contributed by atoms with van der Waals surface area (Å²) in [5.74, 6) is 1.23. The van der Waals surface area contributed by atoms with Gasteiger partial charge in [0.1, 0.15) is 0 Å². The molecule has 0 bridgehead atoms. The van der Waals surface area contributed by atoms with Crippen LogP contribution in [0.5, 0.6) is 11.5 Å². The lowest BCUT2D eigenvalue weighted by atomic mass is 10.2. The number of carbonyl (C=O) groups is 1. The summed E-state index contributed by atoms with van der Waals surface area (Å²) in [4.78, 5) is 15.5. The van der Waals surface area contributed by atoms with Crippen LogP contribution in [0.1, 0.15) is 23.4 Å². The standard InChI is InChI=1S/C20H26N2O3S/c1-5-25-18-13-15(8-10-17(18)24-4)9-11-20(23)21-14-16(22(2)3)19-7-6-12-26-19/h6-13,16H,5,14H2,1-4H3,(H,21,23)/b11-9+. The van der Waals surface area contributed by atoms with E-state index >= 15 is 0 Å². The molecule has 1 unspecified atom stereocenters. The fraction of sp³-hybridized carbons (Fsp3) is 0.350. The Labute approximate surface area is 159 Å². The Hall–Kier alpha value is -2.31. The quantitative estimate of drug-likeness (QED) is 0.682. The van der Waals surface area contributed by atoms with E-state index in [2.05, 4.69) is 16.3 Å². The molecule has 5 nitrogen and oxygen atoms in total. The van der Waals surface area contributed by atoms with Gasteiger partial charge in [0.05, 0.1) is 19.8 Å². The highest BCUT2D eigenvalue weighted by Gasteiger charge is 2.15. The molecule has 0 aliphatic carbocycles. The summed E-state index contributed by atoms with van der Waals surface area (Å²) >= 11 is 1.69. The van der Waals surface area contributed by atoms with Gasteiger partial charge in [0.2, 0.25) is 5.91 Å². The number of nitrogens with one attached hydrogen (secondary N) is 1. The van der Waals surface area contributed by atoms with Crippen molar-refractivity contribution in [3.8, 4) is 11.5 Å². The number of nitrogens with zero attached hydrogens (tertiary/aromatic N) is 1. The van der Waals surface area contributed by atoms with Gasteiger partial charge in [-0.15, -0.1) is 11.3 Å². The zero-order chi connectivity index (χ0) is 18.9. The number of hydrogen-bond acceptors (Lipinski definition) is 5. The van der Waals surface area contributed by atoms with Crippen molar-refractivity contribution >= 4 is 23.3 Å². The van der Waals surface area contributed by atoms with E-state index < -0.39 is 0 Å². The molecule has 1 aromatic heterocycles. The zero-order valence-electron chi connectivity index (χ0n) is 15.7. The molecule has 26 heavy (non-hydrogen) atoms. The van der Waals surface area contributed by atoms with E-state index in [1.807, 2.05) is 50.7 Å². The lowest BCUT2D eigenvalue weighted by molar-refractivity contribution is -0.116. The monoisotopic (exact) mass is 374 g/mol. The third kappa shape index (κ3) is 5.61. The lowest BCUT2D eigenvalue weighted by Gasteiger charge is -2.23. The number of ether oxygens (including phenoxy) is 2. The van der Waals surface area contributed by atoms with E-state index in [0.717, 1.165) is 5.56 Å². The summed E-state index contributed by atoms with van der Waals surface area (Å²) in [6.45, 7) is 3.03. The maximum atomic E-state index is 12.2. The molecule has 2 rings (SSSR count). The van der Waals surface area contributed by atoms with Crippen molar-refractivity contribution in [1.29, 1.82) is 0 Å². The molecule has 0 saturated heterocycles. The third-order valence-electron chi connectivity index (χ3n) is 3.88. The molecule has 0 radical (unpaired) electrons. The number of rotatable bonds is 9. The van der Waals surface area contributed by atoms with E-state index in [-0.39, 0.29) is 11.9 Å². The summed E-state index contributed by atoms with van der Waals surface area (Å²) in [7, 11) is 5.63. The van der Waals surface area contributed by atoms with E-state index in [0.29, 0.717) is 24.7 Å². The molecule has 1 amide bonds. The van der Waals surface area contributed by atoms with Crippen molar-refractivity contribution in [1.82, 2.24) is 10.2 Å². The van der Waals surface area contributed by atoms with Crippen molar-refractivity contribution in [2.24, 2.45) is 0 Å². The molecule has 1 aromatic carbocycles. The molecule has 6 heteroatoms. The van der Waals surface area contributed by atoms with Gasteiger partial charge >= 0.3 is 0 Å². The van der Waals surface area contributed by atoms with E-state index in [1.54, 1.807) is 30.6 Å². The van der Waals surface area contributed by atoms with Crippen molar-refractivity contribution < 1.29 is 14.3 Å². The summed E-state index contributed by atoms with van der Waals surface area (Å²) < 4.78 is 10.8. The second kappa shape index (κ2) is 9.99. The second-order valence-electron chi connectivity index (χ2n) is 5.92. The van der Waals surface area contributed by atoms with Gasteiger partial charge in [-0.25, -0.2) is 0 Å². The molecule has 2 aromatic rings. The highest BCUT2D eigenvalue weighted by molar-refractivity contribution is 7.10. The van der Waals surface area contributed by atoms with Gasteiger partial charge in [-0.05, 0) is 56.2 Å².